The van der Waals surface area contributed by atoms with Crippen LogP contribution in [-0.2, 0) is 9.84 Å². The summed E-state index contributed by atoms with van der Waals surface area (Å²) in [5.41, 5.74) is 1.44. The van der Waals surface area contributed by atoms with Crippen molar-refractivity contribution in [3.8, 4) is 0 Å². The highest BCUT2D eigenvalue weighted by molar-refractivity contribution is 9.10. The molecule has 0 aliphatic heterocycles. The molecule has 1 aromatic rings. The summed E-state index contributed by atoms with van der Waals surface area (Å²) in [6, 6.07) is 5.28. The predicted octanol–water partition coefficient (Wildman–Crippen LogP) is 1.74. The Morgan fingerprint density at radius 3 is 2.53 bits per heavy atom. The van der Waals surface area contributed by atoms with Gasteiger partial charge >= 0.3 is 0 Å². The van der Waals surface area contributed by atoms with Crippen molar-refractivity contribution in [1.82, 2.24) is 0 Å². The molecule has 0 spiro atoms. The van der Waals surface area contributed by atoms with Crippen molar-refractivity contribution in [2.24, 2.45) is 0 Å². The number of hydrogen-bond donors (Lipinski definition) is 0. The Labute approximate surface area is 110 Å². The smallest absolute Gasteiger partial charge is 0.151 e. The van der Waals surface area contributed by atoms with Crippen LogP contribution in [0.25, 0.3) is 0 Å². The minimum atomic E-state index is -2.96. The highest BCUT2D eigenvalue weighted by atomic mass is 79.9. The summed E-state index contributed by atoms with van der Waals surface area (Å²) in [7, 11) is -1.15. The predicted molar refractivity (Wildman–Crippen MR) is 72.5 cm³/mol. The quantitative estimate of drug-likeness (QED) is 0.776. The normalized spacial score (nSPS) is 11.2. The van der Waals surface area contributed by atoms with Gasteiger partial charge in [0, 0.05) is 35.6 Å². The molecule has 94 valence electrons. The second-order valence-corrected chi connectivity index (χ2v) is 6.99. The Hall–Kier alpha value is -0.880. The molecule has 0 unspecified atom stereocenters. The molecule has 1 rings (SSSR count). The summed E-state index contributed by atoms with van der Waals surface area (Å²) in [6.45, 7) is 0.422. The van der Waals surface area contributed by atoms with E-state index in [2.05, 4.69) is 15.9 Å². The molecule has 0 bridgehead atoms. The monoisotopic (exact) mass is 319 g/mol. The molecule has 0 radical (unpaired) electrons. The largest absolute Gasteiger partial charge is 0.374 e. The third-order valence-electron chi connectivity index (χ3n) is 2.35. The van der Waals surface area contributed by atoms with Crippen LogP contribution in [0, 0.1) is 0 Å². The molecule has 4 nitrogen and oxygen atoms in total. The van der Waals surface area contributed by atoms with Crippen molar-refractivity contribution < 1.29 is 13.2 Å². The van der Waals surface area contributed by atoms with Crippen LogP contribution in [0.2, 0.25) is 0 Å². The number of carbonyl (C=O) groups excluding carboxylic acids is 1. The first-order valence-electron chi connectivity index (χ1n) is 4.97. The van der Waals surface area contributed by atoms with Gasteiger partial charge in [0.25, 0.3) is 0 Å². The summed E-state index contributed by atoms with van der Waals surface area (Å²) in [4.78, 5) is 12.5. The Balaban J connectivity index is 2.79. The van der Waals surface area contributed by atoms with Gasteiger partial charge in [0.2, 0.25) is 0 Å². The molecule has 0 amide bonds. The van der Waals surface area contributed by atoms with Crippen LogP contribution in [0.15, 0.2) is 22.7 Å². The van der Waals surface area contributed by atoms with Crippen LogP contribution in [-0.4, -0.2) is 40.3 Å². The number of aldehydes is 1. The van der Waals surface area contributed by atoms with E-state index < -0.39 is 9.84 Å². The van der Waals surface area contributed by atoms with E-state index in [0.29, 0.717) is 16.6 Å². The van der Waals surface area contributed by atoms with Gasteiger partial charge in [-0.1, -0.05) is 0 Å². The Morgan fingerprint density at radius 1 is 1.41 bits per heavy atom. The lowest BCUT2D eigenvalue weighted by molar-refractivity contribution is 0.112. The van der Waals surface area contributed by atoms with Crippen LogP contribution < -0.4 is 4.90 Å². The maximum absolute atomic E-state index is 11.1. The molecule has 0 aromatic heterocycles. The maximum atomic E-state index is 11.1. The van der Waals surface area contributed by atoms with Crippen LogP contribution in [0.3, 0.4) is 0 Å². The van der Waals surface area contributed by atoms with Crippen molar-refractivity contribution in [2.45, 2.75) is 0 Å². The first kappa shape index (κ1) is 14.2. The molecule has 0 aliphatic carbocycles. The number of hydrogen-bond acceptors (Lipinski definition) is 4. The van der Waals surface area contributed by atoms with Crippen LogP contribution >= 0.6 is 15.9 Å². The molecule has 0 heterocycles. The van der Waals surface area contributed by atoms with Crippen LogP contribution in [0.1, 0.15) is 10.4 Å². The molecule has 6 heteroatoms. The van der Waals surface area contributed by atoms with Crippen molar-refractivity contribution in [1.29, 1.82) is 0 Å². The standard InChI is InChI=1S/C11H14BrNO3S/c1-13(5-6-17(2,15)16)10-4-3-9(8-14)11(12)7-10/h3-4,7-8H,5-6H2,1-2H3. The van der Waals surface area contributed by atoms with Gasteiger partial charge in [-0.2, -0.15) is 0 Å². The van der Waals surface area contributed by atoms with E-state index in [-0.39, 0.29) is 5.75 Å². The number of anilines is 1. The second kappa shape index (κ2) is 5.64. The van der Waals surface area contributed by atoms with E-state index in [9.17, 15) is 13.2 Å². The summed E-state index contributed by atoms with van der Waals surface area (Å²) in [5.74, 6) is 0.108. The third kappa shape index (κ3) is 4.47. The summed E-state index contributed by atoms with van der Waals surface area (Å²) < 4.78 is 22.8. The first-order valence-corrected chi connectivity index (χ1v) is 7.82. The van der Waals surface area contributed by atoms with E-state index in [1.807, 2.05) is 11.9 Å². The fourth-order valence-electron chi connectivity index (χ4n) is 1.28. The fraction of sp³-hybridized carbons (Fsp3) is 0.364. The SMILES string of the molecule is CN(CCS(C)(=O)=O)c1ccc(C=O)c(Br)c1. The zero-order chi connectivity index (χ0) is 13.1. The van der Waals surface area contributed by atoms with E-state index in [4.69, 9.17) is 0 Å². The molecule has 0 atom stereocenters. The summed E-state index contributed by atoms with van der Waals surface area (Å²) in [6.07, 6.45) is 1.98. The van der Waals surface area contributed by atoms with E-state index >= 15 is 0 Å². The fourth-order valence-corrected chi connectivity index (χ4v) is 2.35. The molecule has 17 heavy (non-hydrogen) atoms. The Morgan fingerprint density at radius 2 is 2.06 bits per heavy atom. The zero-order valence-corrected chi connectivity index (χ0v) is 12.1. The van der Waals surface area contributed by atoms with E-state index in [1.54, 1.807) is 18.2 Å². The van der Waals surface area contributed by atoms with Gasteiger partial charge in [0.15, 0.2) is 6.29 Å². The molecule has 0 saturated heterocycles. The minimum Gasteiger partial charge on any atom is -0.374 e. The van der Waals surface area contributed by atoms with Crippen LogP contribution in [0.4, 0.5) is 5.69 Å². The average molecular weight is 320 g/mol. The van der Waals surface area contributed by atoms with Gasteiger partial charge in [-0.15, -0.1) is 0 Å². The van der Waals surface area contributed by atoms with Gasteiger partial charge in [-0.3, -0.25) is 4.79 Å². The van der Waals surface area contributed by atoms with Gasteiger partial charge in [-0.05, 0) is 34.1 Å². The topological polar surface area (TPSA) is 54.5 Å². The van der Waals surface area contributed by atoms with Crippen molar-refractivity contribution in [2.75, 3.05) is 30.5 Å². The first-order chi connectivity index (χ1) is 7.83. The van der Waals surface area contributed by atoms with Crippen molar-refractivity contribution >= 4 is 37.7 Å². The molecule has 0 fully saturated rings. The molecule has 0 N–H and O–H groups in total. The molecule has 0 saturated carbocycles. The zero-order valence-electron chi connectivity index (χ0n) is 9.68. The van der Waals surface area contributed by atoms with Crippen molar-refractivity contribution in [3.05, 3.63) is 28.2 Å². The highest BCUT2D eigenvalue weighted by Crippen LogP contribution is 2.22. The molecular formula is C11H14BrNO3S. The highest BCUT2D eigenvalue weighted by Gasteiger charge is 2.08. The number of carbonyl (C=O) groups is 1. The number of nitrogens with zero attached hydrogens (tertiary/aromatic N) is 1. The third-order valence-corrected chi connectivity index (χ3v) is 3.96. The maximum Gasteiger partial charge on any atom is 0.151 e. The molecule has 1 aromatic carbocycles. The van der Waals surface area contributed by atoms with Crippen molar-refractivity contribution in [3.63, 3.8) is 0 Å². The minimum absolute atomic E-state index is 0.108. The number of sulfone groups is 1. The number of rotatable bonds is 5. The lowest BCUT2D eigenvalue weighted by Gasteiger charge is -2.19. The molecule has 0 aliphatic rings. The van der Waals surface area contributed by atoms with Gasteiger partial charge in [0.05, 0.1) is 5.75 Å². The van der Waals surface area contributed by atoms with Gasteiger partial charge in [-0.25, -0.2) is 8.42 Å². The molecular weight excluding hydrogens is 306 g/mol. The van der Waals surface area contributed by atoms with E-state index in [1.165, 1.54) is 6.26 Å². The average Bonchev–Trinajstić information content (AvgIpc) is 2.24. The summed E-state index contributed by atoms with van der Waals surface area (Å²) >= 11 is 3.29. The lowest BCUT2D eigenvalue weighted by Crippen LogP contribution is -2.24. The number of halogens is 1. The van der Waals surface area contributed by atoms with Gasteiger partial charge in [0.1, 0.15) is 9.84 Å². The number of benzene rings is 1. The van der Waals surface area contributed by atoms with E-state index in [0.717, 1.165) is 12.0 Å². The lowest BCUT2D eigenvalue weighted by atomic mass is 10.2. The Kier molecular flexibility index (Phi) is 4.70. The Bertz CT molecular complexity index is 513. The summed E-state index contributed by atoms with van der Waals surface area (Å²) in [5, 5.41) is 0. The van der Waals surface area contributed by atoms with Crippen LogP contribution in [0.5, 0.6) is 0 Å². The second-order valence-electron chi connectivity index (χ2n) is 3.88. The van der Waals surface area contributed by atoms with Gasteiger partial charge < -0.3 is 4.90 Å².